The topological polar surface area (TPSA) is 54.1 Å². The number of unbranched alkanes of at least 4 members (excludes halogenated alkanes) is 2. The third-order valence-corrected chi connectivity index (χ3v) is 10.8. The molecule has 1 aliphatic rings. The number of nitrogens with zero attached hydrogens (tertiary/aromatic N) is 4. The van der Waals surface area contributed by atoms with E-state index in [9.17, 15) is 5.26 Å². The summed E-state index contributed by atoms with van der Waals surface area (Å²) in [7, 11) is 0. The summed E-state index contributed by atoms with van der Waals surface area (Å²) in [6.45, 7) is 8.98. The average molecular weight is 665 g/mol. The number of fused-ring (bicyclic) bond motifs is 1. The van der Waals surface area contributed by atoms with E-state index in [1.807, 2.05) is 59.9 Å². The number of hydrogen-bond donors (Lipinski definition) is 0. The van der Waals surface area contributed by atoms with Crippen LogP contribution < -0.4 is 4.74 Å². The first-order chi connectivity index (χ1) is 23.0. The highest BCUT2D eigenvalue weighted by Crippen LogP contribution is 2.38. The third-order valence-electron chi connectivity index (χ3n) is 9.31. The highest BCUT2D eigenvalue weighted by molar-refractivity contribution is 7.12. The van der Waals surface area contributed by atoms with Crippen molar-refractivity contribution in [3.05, 3.63) is 99.0 Å². The van der Waals surface area contributed by atoms with Crippen molar-refractivity contribution < 1.29 is 4.74 Å². The Hall–Kier alpha value is -3.63. The van der Waals surface area contributed by atoms with Crippen molar-refractivity contribution >= 4 is 33.8 Å². The van der Waals surface area contributed by atoms with E-state index in [-0.39, 0.29) is 0 Å². The molecule has 0 saturated carbocycles. The van der Waals surface area contributed by atoms with Crippen LogP contribution >= 0.6 is 22.9 Å². The van der Waals surface area contributed by atoms with Gasteiger partial charge in [0, 0.05) is 44.5 Å². The minimum absolute atomic E-state index is 0.543. The predicted octanol–water partition coefficient (Wildman–Crippen LogP) is 11.0. The van der Waals surface area contributed by atoms with E-state index in [2.05, 4.69) is 53.6 Å². The Balaban J connectivity index is 1.03. The molecule has 244 valence electrons. The fourth-order valence-corrected chi connectivity index (χ4v) is 8.16. The van der Waals surface area contributed by atoms with Crippen LogP contribution in [0, 0.1) is 11.3 Å². The summed E-state index contributed by atoms with van der Waals surface area (Å²) >= 11 is 7.97. The lowest BCUT2D eigenvalue weighted by molar-refractivity contribution is 0.208. The van der Waals surface area contributed by atoms with Crippen LogP contribution in [0.25, 0.3) is 22.2 Å². The van der Waals surface area contributed by atoms with Gasteiger partial charge in [0.25, 0.3) is 0 Å². The number of thiazole rings is 1. The lowest BCUT2D eigenvalue weighted by atomic mass is 9.97. The number of aromatic nitrogens is 2. The van der Waals surface area contributed by atoms with Gasteiger partial charge in [0.15, 0.2) is 0 Å². The molecule has 0 bridgehead atoms. The molecule has 0 amide bonds. The lowest BCUT2D eigenvalue weighted by Gasteiger charge is -2.31. The standard InChI is InChI=1S/C40H45ClN4OS/c1-3-5-9-38-39(30-11-15-35(16-12-30)46-36-17-13-33(41)14-18-36)43-40(47-38)31-20-24-44(25-21-31)23-7-6-8-34-27-32-26-29(28-42)10-19-37(32)45(34)22-4-2/h10-19,26-27,31H,3-9,20-25H2,1-2H3. The number of halogens is 1. The summed E-state index contributed by atoms with van der Waals surface area (Å²) in [6, 6.07) is 26.5. The van der Waals surface area contributed by atoms with Gasteiger partial charge in [-0.1, -0.05) is 31.9 Å². The fraction of sp³-hybridized carbons (Fsp3) is 0.400. The number of piperidine rings is 1. The van der Waals surface area contributed by atoms with E-state index < -0.39 is 0 Å². The van der Waals surface area contributed by atoms with Gasteiger partial charge >= 0.3 is 0 Å². The molecular formula is C40H45ClN4OS. The van der Waals surface area contributed by atoms with E-state index in [1.165, 1.54) is 70.6 Å². The molecule has 0 aliphatic carbocycles. The Kier molecular flexibility index (Phi) is 11.3. The highest BCUT2D eigenvalue weighted by Gasteiger charge is 2.25. The van der Waals surface area contributed by atoms with Crippen LogP contribution in [0.15, 0.2) is 72.8 Å². The van der Waals surface area contributed by atoms with E-state index in [4.69, 9.17) is 21.3 Å². The molecule has 2 aromatic heterocycles. The zero-order valence-electron chi connectivity index (χ0n) is 27.7. The van der Waals surface area contributed by atoms with Gasteiger partial charge in [0.1, 0.15) is 11.5 Å². The van der Waals surface area contributed by atoms with Crippen molar-refractivity contribution in [1.82, 2.24) is 14.5 Å². The van der Waals surface area contributed by atoms with Crippen molar-refractivity contribution in [3.63, 3.8) is 0 Å². The lowest BCUT2D eigenvalue weighted by Crippen LogP contribution is -2.33. The van der Waals surface area contributed by atoms with Crippen LogP contribution in [0.4, 0.5) is 0 Å². The maximum Gasteiger partial charge on any atom is 0.127 e. The molecule has 7 heteroatoms. The van der Waals surface area contributed by atoms with E-state index in [0.717, 1.165) is 68.2 Å². The van der Waals surface area contributed by atoms with E-state index in [0.29, 0.717) is 10.9 Å². The second kappa shape index (κ2) is 16.0. The largest absolute Gasteiger partial charge is 0.457 e. The average Bonchev–Trinajstić information content (AvgIpc) is 3.68. The first-order valence-corrected chi connectivity index (χ1v) is 18.5. The molecule has 47 heavy (non-hydrogen) atoms. The Bertz CT molecular complexity index is 1790. The molecule has 6 rings (SSSR count). The monoisotopic (exact) mass is 664 g/mol. The molecule has 0 unspecified atom stereocenters. The van der Waals surface area contributed by atoms with Gasteiger partial charge in [-0.3, -0.25) is 0 Å². The molecule has 1 fully saturated rings. The van der Waals surface area contributed by atoms with Crippen LogP contribution in [0.2, 0.25) is 5.02 Å². The van der Waals surface area contributed by atoms with Gasteiger partial charge in [0.05, 0.1) is 22.3 Å². The number of hydrogen-bond acceptors (Lipinski definition) is 5. The Labute approximate surface area is 288 Å². The van der Waals surface area contributed by atoms with Crippen molar-refractivity contribution in [3.8, 4) is 28.8 Å². The van der Waals surface area contributed by atoms with Crippen LogP contribution in [0.1, 0.15) is 85.9 Å². The molecule has 5 nitrogen and oxygen atoms in total. The second-order valence-electron chi connectivity index (χ2n) is 12.8. The second-order valence-corrected chi connectivity index (χ2v) is 14.3. The van der Waals surface area contributed by atoms with Crippen molar-refractivity contribution in [2.45, 2.75) is 84.1 Å². The van der Waals surface area contributed by atoms with Gasteiger partial charge in [-0.05, 0) is 144 Å². The normalized spacial score (nSPS) is 14.1. The Morgan fingerprint density at radius 3 is 2.32 bits per heavy atom. The van der Waals surface area contributed by atoms with Gasteiger partial charge in [-0.25, -0.2) is 4.98 Å². The first-order valence-electron chi connectivity index (χ1n) is 17.3. The van der Waals surface area contributed by atoms with Crippen LogP contribution in [-0.2, 0) is 19.4 Å². The van der Waals surface area contributed by atoms with Gasteiger partial charge in [0.2, 0.25) is 0 Å². The summed E-state index contributed by atoms with van der Waals surface area (Å²) in [5.74, 6) is 2.13. The van der Waals surface area contributed by atoms with Crippen molar-refractivity contribution in [2.24, 2.45) is 0 Å². The summed E-state index contributed by atoms with van der Waals surface area (Å²) in [5, 5.41) is 12.5. The molecule has 3 heterocycles. The summed E-state index contributed by atoms with van der Waals surface area (Å²) < 4.78 is 8.49. The Morgan fingerprint density at radius 2 is 1.62 bits per heavy atom. The number of ether oxygens (including phenoxy) is 1. The number of nitriles is 1. The number of likely N-dealkylation sites (tertiary alicyclic amines) is 1. The summed E-state index contributed by atoms with van der Waals surface area (Å²) in [6.07, 6.45) is 10.4. The van der Waals surface area contributed by atoms with Crippen molar-refractivity contribution in [2.75, 3.05) is 19.6 Å². The zero-order chi connectivity index (χ0) is 32.6. The molecule has 1 saturated heterocycles. The maximum atomic E-state index is 9.33. The molecule has 1 aliphatic heterocycles. The van der Waals surface area contributed by atoms with Gasteiger partial charge < -0.3 is 14.2 Å². The molecule has 5 aromatic rings. The SMILES string of the molecule is CCCCc1sc(C2CCN(CCCCc3cc4cc(C#N)ccc4n3CCC)CC2)nc1-c1ccc(Oc2ccc(Cl)cc2)cc1. The molecule has 0 spiro atoms. The van der Waals surface area contributed by atoms with E-state index in [1.54, 1.807) is 0 Å². The van der Waals surface area contributed by atoms with Crippen LogP contribution in [-0.4, -0.2) is 34.1 Å². The molecule has 0 N–H and O–H groups in total. The first kappa shape index (κ1) is 33.3. The number of benzene rings is 3. The number of aryl methyl sites for hydroxylation is 3. The molecule has 0 atom stereocenters. The van der Waals surface area contributed by atoms with Crippen molar-refractivity contribution in [1.29, 1.82) is 5.26 Å². The van der Waals surface area contributed by atoms with Gasteiger partial charge in [-0.2, -0.15) is 5.26 Å². The maximum absolute atomic E-state index is 9.33. The zero-order valence-corrected chi connectivity index (χ0v) is 29.3. The highest BCUT2D eigenvalue weighted by atomic mass is 35.5. The quantitative estimate of drug-likeness (QED) is 0.111. The molecule has 3 aromatic carbocycles. The minimum atomic E-state index is 0.543. The predicted molar refractivity (Wildman–Crippen MR) is 196 cm³/mol. The van der Waals surface area contributed by atoms with Gasteiger partial charge in [-0.15, -0.1) is 11.3 Å². The summed E-state index contributed by atoms with van der Waals surface area (Å²) in [5.41, 5.74) is 5.72. The number of rotatable bonds is 14. The summed E-state index contributed by atoms with van der Waals surface area (Å²) in [4.78, 5) is 9.36. The smallest absolute Gasteiger partial charge is 0.127 e. The molecular weight excluding hydrogens is 620 g/mol. The molecule has 0 radical (unpaired) electrons. The Morgan fingerprint density at radius 1 is 0.872 bits per heavy atom. The van der Waals surface area contributed by atoms with Crippen LogP contribution in [0.5, 0.6) is 11.5 Å². The van der Waals surface area contributed by atoms with E-state index >= 15 is 0 Å². The van der Waals surface area contributed by atoms with Crippen LogP contribution in [0.3, 0.4) is 0 Å². The minimum Gasteiger partial charge on any atom is -0.457 e. The fourth-order valence-electron chi connectivity index (χ4n) is 6.73. The third kappa shape index (κ3) is 8.27.